The van der Waals surface area contributed by atoms with Gasteiger partial charge in [-0.25, -0.2) is 4.98 Å². The van der Waals surface area contributed by atoms with E-state index in [-0.39, 0.29) is 0 Å². The molecule has 5 nitrogen and oxygen atoms in total. The van der Waals surface area contributed by atoms with Crippen LogP contribution in [0.3, 0.4) is 0 Å². The Morgan fingerprint density at radius 1 is 0.564 bits per heavy atom. The number of imidazole rings is 1. The van der Waals surface area contributed by atoms with E-state index in [9.17, 15) is 0 Å². The zero-order chi connectivity index (χ0) is 36.3. The second kappa shape index (κ2) is 13.4. The zero-order valence-corrected chi connectivity index (χ0v) is 31.1. The van der Waals surface area contributed by atoms with Crippen LogP contribution in [-0.4, -0.2) is 14.1 Å². The summed E-state index contributed by atoms with van der Waals surface area (Å²) in [6.45, 7) is 0. The van der Waals surface area contributed by atoms with Gasteiger partial charge in [0.25, 0.3) is 0 Å². The lowest BCUT2D eigenvalue weighted by Gasteiger charge is -2.29. The monoisotopic (exact) mass is 716 g/mol. The van der Waals surface area contributed by atoms with Crippen molar-refractivity contribution in [3.05, 3.63) is 151 Å². The maximum Gasteiger partial charge on any atom is 0.146 e. The van der Waals surface area contributed by atoms with Crippen LogP contribution in [0.25, 0.3) is 60.4 Å². The summed E-state index contributed by atoms with van der Waals surface area (Å²) in [6, 6.07) is 43.5. The quantitative estimate of drug-likeness (QED) is 0.0975. The van der Waals surface area contributed by atoms with Gasteiger partial charge in [0.2, 0.25) is 0 Å². The van der Waals surface area contributed by atoms with Gasteiger partial charge in [-0.05, 0) is 96.5 Å². The van der Waals surface area contributed by atoms with Crippen molar-refractivity contribution >= 4 is 49.1 Å². The lowest BCUT2D eigenvalue weighted by Crippen LogP contribution is -2.40. The molecular weight excluding hydrogens is 673 g/mol. The third-order valence-corrected chi connectivity index (χ3v) is 12.6. The van der Waals surface area contributed by atoms with Crippen LogP contribution < -0.4 is 9.41 Å². The molecule has 0 N–H and O–H groups in total. The van der Waals surface area contributed by atoms with Crippen LogP contribution in [0.5, 0.6) is 11.5 Å². The van der Waals surface area contributed by atoms with Gasteiger partial charge >= 0.3 is 0 Å². The predicted octanol–water partition coefficient (Wildman–Crippen LogP) is 12.7. The average Bonchev–Trinajstić information content (AvgIpc) is 3.84. The first-order valence-corrected chi connectivity index (χ1v) is 20.4. The Morgan fingerprint density at radius 2 is 1.20 bits per heavy atom. The number of nitrogens with zero attached hydrogens (tertiary/aromatic N) is 4. The number of aromatic nitrogens is 4. The summed E-state index contributed by atoms with van der Waals surface area (Å²) in [4.78, 5) is 5.30. The first-order chi connectivity index (χ1) is 27.3. The molecule has 0 atom stereocenters. The van der Waals surface area contributed by atoms with Crippen molar-refractivity contribution in [2.24, 2.45) is 0 Å². The van der Waals surface area contributed by atoms with E-state index in [1.54, 1.807) is 0 Å². The van der Waals surface area contributed by atoms with Crippen molar-refractivity contribution in [2.75, 3.05) is 0 Å². The highest BCUT2D eigenvalue weighted by Gasteiger charge is 2.28. The summed E-state index contributed by atoms with van der Waals surface area (Å²) in [5, 5.41) is 5.88. The second-order valence-corrected chi connectivity index (χ2v) is 15.8. The van der Waals surface area contributed by atoms with Gasteiger partial charge in [-0.2, -0.15) is 10.7 Å². The predicted molar refractivity (Wildman–Crippen MR) is 223 cm³/mol. The van der Waals surface area contributed by atoms with E-state index in [2.05, 4.69) is 125 Å². The molecule has 2 aliphatic carbocycles. The van der Waals surface area contributed by atoms with Gasteiger partial charge in [0.05, 0.1) is 23.6 Å². The molecule has 2 aliphatic rings. The fourth-order valence-corrected chi connectivity index (χ4v) is 10.1. The molecule has 55 heavy (non-hydrogen) atoms. The van der Waals surface area contributed by atoms with Crippen LogP contribution in [0.2, 0.25) is 0 Å². The SMILES string of the molecule is [c-]1cccc[n+]1-n1c2ccccc2c2ccc(Oc3ccc4c5ccccc5n5c(-c6c(C7CCCCC7)cccc6C6CCCCC6)cnc5c4c3)cc21. The molecule has 5 heteroatoms. The van der Waals surface area contributed by atoms with Crippen LogP contribution in [0.4, 0.5) is 0 Å². The van der Waals surface area contributed by atoms with E-state index in [1.807, 2.05) is 29.1 Å². The van der Waals surface area contributed by atoms with Crippen molar-refractivity contribution in [2.45, 2.75) is 76.0 Å². The fraction of sp³-hybridized carbons (Fsp3) is 0.240. The number of fused-ring (bicyclic) bond motifs is 9. The highest BCUT2D eigenvalue weighted by atomic mass is 16.5. The van der Waals surface area contributed by atoms with Crippen molar-refractivity contribution in [3.63, 3.8) is 0 Å². The summed E-state index contributed by atoms with van der Waals surface area (Å²) >= 11 is 0. The number of para-hydroxylation sites is 2. The topological polar surface area (TPSA) is 35.3 Å². The third kappa shape index (κ3) is 5.43. The molecule has 11 rings (SSSR count). The largest absolute Gasteiger partial charge is 0.457 e. The van der Waals surface area contributed by atoms with E-state index >= 15 is 0 Å². The van der Waals surface area contributed by atoms with Crippen molar-refractivity contribution in [3.8, 4) is 22.8 Å². The summed E-state index contributed by atoms with van der Waals surface area (Å²) in [5.74, 6) is 2.77. The second-order valence-electron chi connectivity index (χ2n) is 15.8. The van der Waals surface area contributed by atoms with Gasteiger partial charge in [0.1, 0.15) is 34.4 Å². The fourth-order valence-electron chi connectivity index (χ4n) is 10.1. The number of rotatable bonds is 6. The van der Waals surface area contributed by atoms with Gasteiger partial charge in [-0.1, -0.05) is 93.1 Å². The number of benzene rings is 5. The van der Waals surface area contributed by atoms with E-state index in [4.69, 9.17) is 9.72 Å². The molecule has 0 radical (unpaired) electrons. The molecule has 0 spiro atoms. The van der Waals surface area contributed by atoms with Crippen LogP contribution in [0.15, 0.2) is 134 Å². The van der Waals surface area contributed by atoms with Gasteiger partial charge in [0.15, 0.2) is 0 Å². The zero-order valence-electron chi connectivity index (χ0n) is 31.1. The Labute approximate surface area is 321 Å². The Hall–Kier alpha value is -5.94. The Morgan fingerprint density at radius 3 is 1.91 bits per heavy atom. The minimum atomic E-state index is 0.596. The Kier molecular flexibility index (Phi) is 7.93. The molecule has 9 aromatic rings. The van der Waals surface area contributed by atoms with Crippen molar-refractivity contribution in [1.82, 2.24) is 14.1 Å². The Balaban J connectivity index is 1.08. The molecule has 0 amide bonds. The summed E-state index contributed by atoms with van der Waals surface area (Å²) in [5.41, 5.74) is 10.1. The molecular formula is C50H44N4O. The van der Waals surface area contributed by atoms with Gasteiger partial charge in [0, 0.05) is 33.2 Å². The number of pyridine rings is 2. The number of hydrogen-bond acceptors (Lipinski definition) is 2. The standard InChI is InChI=1S/C50H44N4O/c1-4-15-34(16-5-1)38-21-14-22-39(35-17-6-2-7-18-35)49(38)48-33-51-50-44-31-36(25-27-40(44)41-19-8-10-23-45(41)53(48)50)55-37-26-28-43-42-20-9-11-24-46(42)54(47(43)32-37)52-29-12-3-13-30-52/h3,8-14,19-29,31-35H,1-2,4-7,15-18H2. The molecule has 5 aromatic carbocycles. The van der Waals surface area contributed by atoms with E-state index in [0.29, 0.717) is 11.8 Å². The van der Waals surface area contributed by atoms with Crippen LogP contribution in [0, 0.1) is 6.20 Å². The molecule has 4 aromatic heterocycles. The van der Waals surface area contributed by atoms with E-state index < -0.39 is 0 Å². The minimum Gasteiger partial charge on any atom is -0.457 e. The summed E-state index contributed by atoms with van der Waals surface area (Å²) in [7, 11) is 0. The normalized spacial score (nSPS) is 15.9. The first-order valence-electron chi connectivity index (χ1n) is 20.4. The van der Waals surface area contributed by atoms with Gasteiger partial charge < -0.3 is 4.74 Å². The lowest BCUT2D eigenvalue weighted by molar-refractivity contribution is -0.724. The molecule has 4 heterocycles. The summed E-state index contributed by atoms with van der Waals surface area (Å²) in [6.07, 6.45) is 20.7. The molecule has 0 aliphatic heterocycles. The molecule has 0 saturated heterocycles. The third-order valence-electron chi connectivity index (χ3n) is 12.6. The lowest BCUT2D eigenvalue weighted by atomic mass is 9.76. The Bertz CT molecular complexity index is 2840. The molecule has 2 fully saturated rings. The number of hydrogen-bond donors (Lipinski definition) is 0. The maximum atomic E-state index is 6.76. The summed E-state index contributed by atoms with van der Waals surface area (Å²) < 4.78 is 13.4. The first kappa shape index (κ1) is 32.5. The molecule has 270 valence electrons. The van der Waals surface area contributed by atoms with Crippen LogP contribution in [0.1, 0.15) is 87.2 Å². The van der Waals surface area contributed by atoms with E-state index in [1.165, 1.54) is 114 Å². The van der Waals surface area contributed by atoms with Gasteiger partial charge in [-0.15, -0.1) is 16.8 Å². The minimum absolute atomic E-state index is 0.596. The van der Waals surface area contributed by atoms with Crippen molar-refractivity contribution < 1.29 is 9.41 Å². The number of ether oxygens (including phenoxy) is 1. The molecule has 0 unspecified atom stereocenters. The highest BCUT2D eigenvalue weighted by molar-refractivity contribution is 6.13. The van der Waals surface area contributed by atoms with Crippen LogP contribution in [-0.2, 0) is 0 Å². The van der Waals surface area contributed by atoms with Crippen molar-refractivity contribution in [1.29, 1.82) is 0 Å². The maximum absolute atomic E-state index is 6.76. The molecule has 2 saturated carbocycles. The smallest absolute Gasteiger partial charge is 0.146 e. The average molecular weight is 717 g/mol. The molecule has 0 bridgehead atoms. The van der Waals surface area contributed by atoms with Crippen LogP contribution >= 0.6 is 0 Å². The highest BCUT2D eigenvalue weighted by Crippen LogP contribution is 2.46. The van der Waals surface area contributed by atoms with E-state index in [0.717, 1.165) is 33.6 Å². The van der Waals surface area contributed by atoms with Gasteiger partial charge in [-0.3, -0.25) is 4.40 Å².